The zero-order chi connectivity index (χ0) is 10.8. The van der Waals surface area contributed by atoms with Crippen LogP contribution in [0.4, 0.5) is 0 Å². The molecule has 0 amide bonds. The lowest BCUT2D eigenvalue weighted by atomic mass is 10.2. The van der Waals surface area contributed by atoms with E-state index < -0.39 is 0 Å². The first-order chi connectivity index (χ1) is 7.16. The Balaban J connectivity index is 2.57. The number of nitrogens with one attached hydrogen (secondary N) is 1. The summed E-state index contributed by atoms with van der Waals surface area (Å²) in [6.07, 6.45) is 0.00672. The van der Waals surface area contributed by atoms with Gasteiger partial charge in [0.05, 0.1) is 6.10 Å². The third-order valence-electron chi connectivity index (χ3n) is 2.08. The van der Waals surface area contributed by atoms with Crippen LogP contribution in [0.25, 0.3) is 10.9 Å². The van der Waals surface area contributed by atoms with Crippen LogP contribution in [0.5, 0.6) is 5.75 Å². The van der Waals surface area contributed by atoms with E-state index in [-0.39, 0.29) is 11.7 Å². The molecule has 0 aliphatic heterocycles. The highest BCUT2D eigenvalue weighted by molar-refractivity contribution is 5.79. The van der Waals surface area contributed by atoms with Crippen molar-refractivity contribution in [1.29, 1.82) is 0 Å². The second-order valence-corrected chi connectivity index (χ2v) is 3.72. The topological polar surface area (TPSA) is 42.1 Å². The molecule has 3 heteroatoms. The van der Waals surface area contributed by atoms with Gasteiger partial charge in [0.15, 0.2) is 5.75 Å². The summed E-state index contributed by atoms with van der Waals surface area (Å²) in [6.45, 7) is 3.79. The summed E-state index contributed by atoms with van der Waals surface area (Å²) in [7, 11) is 0. The van der Waals surface area contributed by atoms with Crippen LogP contribution >= 0.6 is 0 Å². The first-order valence-electron chi connectivity index (χ1n) is 4.95. The van der Waals surface area contributed by atoms with E-state index in [1.54, 1.807) is 6.07 Å². The van der Waals surface area contributed by atoms with E-state index in [2.05, 4.69) is 4.98 Å². The molecule has 0 bridgehead atoms. The van der Waals surface area contributed by atoms with Gasteiger partial charge in [-0.2, -0.15) is 0 Å². The number of rotatable bonds is 2. The number of ether oxygens (including phenoxy) is 1. The average molecular weight is 203 g/mol. The minimum atomic E-state index is -0.178. The molecule has 0 aliphatic rings. The summed E-state index contributed by atoms with van der Waals surface area (Å²) in [5.41, 5.74) is 0.654. The molecule has 0 saturated heterocycles. The minimum absolute atomic E-state index is 0.00672. The van der Waals surface area contributed by atoms with E-state index in [0.29, 0.717) is 5.75 Å². The van der Waals surface area contributed by atoms with Gasteiger partial charge in [0.25, 0.3) is 5.56 Å². The molecule has 3 nitrogen and oxygen atoms in total. The zero-order valence-electron chi connectivity index (χ0n) is 8.78. The lowest BCUT2D eigenvalue weighted by Crippen LogP contribution is -2.15. The quantitative estimate of drug-likeness (QED) is 0.813. The van der Waals surface area contributed by atoms with Gasteiger partial charge in [-0.15, -0.1) is 0 Å². The van der Waals surface area contributed by atoms with E-state index in [0.717, 1.165) is 10.9 Å². The fourth-order valence-corrected chi connectivity index (χ4v) is 1.47. The number of para-hydroxylation sites is 1. The first-order valence-corrected chi connectivity index (χ1v) is 4.95. The number of aromatic nitrogens is 1. The maximum Gasteiger partial charge on any atom is 0.290 e. The molecule has 0 aliphatic carbocycles. The van der Waals surface area contributed by atoms with Gasteiger partial charge in [-0.3, -0.25) is 4.79 Å². The van der Waals surface area contributed by atoms with Gasteiger partial charge in [-0.1, -0.05) is 18.2 Å². The molecule has 0 unspecified atom stereocenters. The van der Waals surface area contributed by atoms with Crippen molar-refractivity contribution >= 4 is 10.9 Å². The largest absolute Gasteiger partial charge is 0.485 e. The van der Waals surface area contributed by atoms with Crippen molar-refractivity contribution in [3.63, 3.8) is 0 Å². The maximum atomic E-state index is 11.6. The molecule has 2 aromatic rings. The standard InChI is InChI=1S/C12H13NO2/c1-8(2)15-11-7-9-5-3-4-6-10(9)13-12(11)14/h3-8H,1-2H3,(H,13,14). The summed E-state index contributed by atoms with van der Waals surface area (Å²) in [5.74, 6) is 0.378. The van der Waals surface area contributed by atoms with Crippen LogP contribution in [0.1, 0.15) is 13.8 Å². The summed E-state index contributed by atoms with van der Waals surface area (Å²) in [5, 5.41) is 0.979. The Labute approximate surface area is 87.7 Å². The molecular weight excluding hydrogens is 190 g/mol. The van der Waals surface area contributed by atoms with Crippen molar-refractivity contribution in [2.75, 3.05) is 0 Å². The molecule has 1 heterocycles. The molecule has 0 atom stereocenters. The van der Waals surface area contributed by atoms with E-state index in [9.17, 15) is 4.79 Å². The Hall–Kier alpha value is -1.77. The van der Waals surface area contributed by atoms with E-state index in [4.69, 9.17) is 4.74 Å². The zero-order valence-corrected chi connectivity index (χ0v) is 8.78. The Kier molecular flexibility index (Phi) is 2.46. The van der Waals surface area contributed by atoms with Crippen LogP contribution in [-0.2, 0) is 0 Å². The molecule has 0 radical (unpaired) electrons. The van der Waals surface area contributed by atoms with Crippen molar-refractivity contribution in [2.24, 2.45) is 0 Å². The van der Waals surface area contributed by atoms with Gasteiger partial charge < -0.3 is 9.72 Å². The Morgan fingerprint density at radius 3 is 2.73 bits per heavy atom. The van der Waals surface area contributed by atoms with Crippen molar-refractivity contribution < 1.29 is 4.74 Å². The highest BCUT2D eigenvalue weighted by atomic mass is 16.5. The van der Waals surface area contributed by atoms with Crippen LogP contribution in [0.3, 0.4) is 0 Å². The summed E-state index contributed by atoms with van der Waals surface area (Å²) < 4.78 is 5.41. The van der Waals surface area contributed by atoms with Gasteiger partial charge in [-0.05, 0) is 26.0 Å². The Morgan fingerprint density at radius 2 is 2.00 bits per heavy atom. The highest BCUT2D eigenvalue weighted by Crippen LogP contribution is 2.14. The van der Waals surface area contributed by atoms with Crippen LogP contribution in [0.15, 0.2) is 35.1 Å². The number of H-pyrrole nitrogens is 1. The second-order valence-electron chi connectivity index (χ2n) is 3.72. The lowest BCUT2D eigenvalue weighted by Gasteiger charge is -2.09. The van der Waals surface area contributed by atoms with Gasteiger partial charge >= 0.3 is 0 Å². The van der Waals surface area contributed by atoms with Gasteiger partial charge in [0, 0.05) is 10.9 Å². The first kappa shape index (κ1) is 9.77. The summed E-state index contributed by atoms with van der Waals surface area (Å²) >= 11 is 0. The Bertz CT molecular complexity index is 528. The van der Waals surface area contributed by atoms with E-state index in [1.807, 2.05) is 38.1 Å². The molecule has 1 aromatic heterocycles. The van der Waals surface area contributed by atoms with Crippen LogP contribution in [0.2, 0.25) is 0 Å². The van der Waals surface area contributed by atoms with Crippen molar-refractivity contribution in [3.8, 4) is 5.75 Å². The molecule has 78 valence electrons. The predicted octanol–water partition coefficient (Wildman–Crippen LogP) is 2.32. The molecule has 0 saturated carbocycles. The van der Waals surface area contributed by atoms with Crippen molar-refractivity contribution in [2.45, 2.75) is 20.0 Å². The normalized spacial score (nSPS) is 10.9. The molecular formula is C12H13NO2. The fraction of sp³-hybridized carbons (Fsp3) is 0.250. The number of benzene rings is 1. The third kappa shape index (κ3) is 2.01. The van der Waals surface area contributed by atoms with Gasteiger partial charge in [0.1, 0.15) is 0 Å². The van der Waals surface area contributed by atoms with Crippen LogP contribution < -0.4 is 10.3 Å². The molecule has 2 rings (SSSR count). The lowest BCUT2D eigenvalue weighted by molar-refractivity contribution is 0.239. The molecule has 15 heavy (non-hydrogen) atoms. The van der Waals surface area contributed by atoms with Crippen molar-refractivity contribution in [1.82, 2.24) is 4.98 Å². The number of hydrogen-bond acceptors (Lipinski definition) is 2. The minimum Gasteiger partial charge on any atom is -0.485 e. The third-order valence-corrected chi connectivity index (χ3v) is 2.08. The fourth-order valence-electron chi connectivity index (χ4n) is 1.47. The van der Waals surface area contributed by atoms with E-state index >= 15 is 0 Å². The van der Waals surface area contributed by atoms with Gasteiger partial charge in [0.2, 0.25) is 0 Å². The summed E-state index contributed by atoms with van der Waals surface area (Å²) in [4.78, 5) is 14.4. The summed E-state index contributed by atoms with van der Waals surface area (Å²) in [6, 6.07) is 9.41. The van der Waals surface area contributed by atoms with Gasteiger partial charge in [-0.25, -0.2) is 0 Å². The molecule has 1 aromatic carbocycles. The van der Waals surface area contributed by atoms with Crippen LogP contribution in [-0.4, -0.2) is 11.1 Å². The van der Waals surface area contributed by atoms with Crippen molar-refractivity contribution in [3.05, 3.63) is 40.7 Å². The van der Waals surface area contributed by atoms with E-state index in [1.165, 1.54) is 0 Å². The predicted molar refractivity (Wildman–Crippen MR) is 60.3 cm³/mol. The second kappa shape index (κ2) is 3.77. The number of pyridine rings is 1. The number of hydrogen-bond donors (Lipinski definition) is 1. The molecule has 0 spiro atoms. The average Bonchev–Trinajstić information content (AvgIpc) is 2.18. The molecule has 0 fully saturated rings. The monoisotopic (exact) mass is 203 g/mol. The Morgan fingerprint density at radius 1 is 1.27 bits per heavy atom. The maximum absolute atomic E-state index is 11.6. The highest BCUT2D eigenvalue weighted by Gasteiger charge is 2.04. The number of fused-ring (bicyclic) bond motifs is 1. The number of aromatic amines is 1. The van der Waals surface area contributed by atoms with Crippen LogP contribution in [0, 0.1) is 0 Å². The molecule has 1 N–H and O–H groups in total. The SMILES string of the molecule is CC(C)Oc1cc2ccccc2[nH]c1=O. The smallest absolute Gasteiger partial charge is 0.290 e.